The fraction of sp³-hybridized carbons (Fsp3) is 0.722. The predicted molar refractivity (Wildman–Crippen MR) is 95.3 cm³/mol. The maximum atomic E-state index is 12.4. The van der Waals surface area contributed by atoms with Crippen LogP contribution in [0.5, 0.6) is 0 Å². The number of carbonyl (C=O) groups is 2. The molecule has 7 heteroatoms. The van der Waals surface area contributed by atoms with Crippen molar-refractivity contribution < 1.29 is 9.59 Å². The van der Waals surface area contributed by atoms with E-state index in [1.54, 1.807) is 10.7 Å². The predicted octanol–water partition coefficient (Wildman–Crippen LogP) is 0.935. The van der Waals surface area contributed by atoms with Crippen LogP contribution in [-0.4, -0.2) is 70.2 Å². The highest BCUT2D eigenvalue weighted by Gasteiger charge is 2.26. The summed E-state index contributed by atoms with van der Waals surface area (Å²) in [5, 5.41) is 7.31. The Bertz CT molecular complexity index is 601. The summed E-state index contributed by atoms with van der Waals surface area (Å²) in [4.78, 5) is 29.0. The average molecular weight is 347 g/mol. The minimum absolute atomic E-state index is 0.0812. The molecule has 138 valence electrons. The second kappa shape index (κ2) is 7.99. The lowest BCUT2D eigenvalue weighted by Gasteiger charge is -2.35. The van der Waals surface area contributed by atoms with Gasteiger partial charge in [-0.3, -0.25) is 19.2 Å². The first-order chi connectivity index (χ1) is 12.0. The van der Waals surface area contributed by atoms with Crippen LogP contribution in [0.4, 0.5) is 0 Å². The van der Waals surface area contributed by atoms with Crippen molar-refractivity contribution in [1.29, 1.82) is 0 Å². The van der Waals surface area contributed by atoms with E-state index in [1.165, 1.54) is 6.42 Å². The van der Waals surface area contributed by atoms with Crippen LogP contribution in [-0.2, 0) is 11.8 Å². The Balaban J connectivity index is 1.50. The first kappa shape index (κ1) is 17.9. The third kappa shape index (κ3) is 4.60. The van der Waals surface area contributed by atoms with E-state index in [-0.39, 0.29) is 17.9 Å². The number of aryl methyl sites for hydroxylation is 2. The molecule has 3 heterocycles. The number of carbonyl (C=O) groups excluding carboxylic acids is 2. The average Bonchev–Trinajstić information content (AvgIpc) is 2.95. The van der Waals surface area contributed by atoms with Gasteiger partial charge in [0.1, 0.15) is 5.69 Å². The summed E-state index contributed by atoms with van der Waals surface area (Å²) in [5.41, 5.74) is 1.42. The fourth-order valence-corrected chi connectivity index (χ4v) is 3.68. The highest BCUT2D eigenvalue weighted by atomic mass is 16.2. The summed E-state index contributed by atoms with van der Waals surface area (Å²) in [6.07, 6.45) is 5.42. The summed E-state index contributed by atoms with van der Waals surface area (Å²) < 4.78 is 1.71. The Labute approximate surface area is 149 Å². The van der Waals surface area contributed by atoms with Gasteiger partial charge in [0.05, 0.1) is 6.54 Å². The smallest absolute Gasteiger partial charge is 0.272 e. The number of amides is 2. The van der Waals surface area contributed by atoms with E-state index in [0.717, 1.165) is 57.6 Å². The quantitative estimate of drug-likeness (QED) is 0.880. The molecule has 1 unspecified atom stereocenters. The fourth-order valence-electron chi connectivity index (χ4n) is 3.68. The number of likely N-dealkylation sites (tertiary alicyclic amines) is 2. The molecule has 0 aromatic carbocycles. The molecule has 1 N–H and O–H groups in total. The highest BCUT2D eigenvalue weighted by Crippen LogP contribution is 2.13. The van der Waals surface area contributed by atoms with E-state index in [4.69, 9.17) is 0 Å². The van der Waals surface area contributed by atoms with Crippen molar-refractivity contribution in [3.8, 4) is 0 Å². The third-order valence-corrected chi connectivity index (χ3v) is 5.25. The van der Waals surface area contributed by atoms with Crippen molar-refractivity contribution in [3.63, 3.8) is 0 Å². The van der Waals surface area contributed by atoms with Crippen LogP contribution in [0.15, 0.2) is 6.07 Å². The van der Waals surface area contributed by atoms with Crippen LogP contribution >= 0.6 is 0 Å². The van der Waals surface area contributed by atoms with Gasteiger partial charge >= 0.3 is 0 Å². The zero-order valence-electron chi connectivity index (χ0n) is 15.3. The lowest BCUT2D eigenvalue weighted by Crippen LogP contribution is -2.51. The van der Waals surface area contributed by atoms with Crippen molar-refractivity contribution in [3.05, 3.63) is 17.5 Å². The normalized spacial score (nSPS) is 22.0. The van der Waals surface area contributed by atoms with E-state index < -0.39 is 0 Å². The molecule has 1 aromatic heterocycles. The number of nitrogens with one attached hydrogen (secondary N) is 1. The lowest BCUT2D eigenvalue weighted by atomic mass is 10.1. The first-order valence-electron chi connectivity index (χ1n) is 9.34. The van der Waals surface area contributed by atoms with Gasteiger partial charge in [0.25, 0.3) is 5.91 Å². The van der Waals surface area contributed by atoms with E-state index in [1.807, 2.05) is 18.9 Å². The molecular weight excluding hydrogens is 318 g/mol. The molecule has 3 rings (SSSR count). The summed E-state index contributed by atoms with van der Waals surface area (Å²) in [7, 11) is 1.83. The van der Waals surface area contributed by atoms with Crippen LogP contribution in [0.2, 0.25) is 0 Å². The maximum absolute atomic E-state index is 12.4. The SMILES string of the molecule is Cc1cc(C(=O)NC2CCCN(CC(=O)N3CCCCC3)C2)nn1C. The first-order valence-corrected chi connectivity index (χ1v) is 9.34. The van der Waals surface area contributed by atoms with Gasteiger partial charge in [-0.25, -0.2) is 0 Å². The Morgan fingerprint density at radius 2 is 1.96 bits per heavy atom. The van der Waals surface area contributed by atoms with Crippen LogP contribution in [0, 0.1) is 6.92 Å². The van der Waals surface area contributed by atoms with E-state index >= 15 is 0 Å². The Morgan fingerprint density at radius 1 is 1.20 bits per heavy atom. The summed E-state index contributed by atoms with van der Waals surface area (Å²) >= 11 is 0. The molecule has 2 aliphatic rings. The molecule has 0 bridgehead atoms. The molecule has 1 aromatic rings. The van der Waals surface area contributed by atoms with Gasteiger partial charge in [-0.15, -0.1) is 0 Å². The molecule has 0 saturated carbocycles. The van der Waals surface area contributed by atoms with Crippen LogP contribution in [0.25, 0.3) is 0 Å². The minimum Gasteiger partial charge on any atom is -0.347 e. The third-order valence-electron chi connectivity index (χ3n) is 5.25. The second-order valence-corrected chi connectivity index (χ2v) is 7.28. The van der Waals surface area contributed by atoms with Gasteiger partial charge in [-0.2, -0.15) is 5.10 Å². The number of rotatable bonds is 4. The molecule has 2 aliphatic heterocycles. The lowest BCUT2D eigenvalue weighted by molar-refractivity contribution is -0.133. The molecular formula is C18H29N5O2. The summed E-state index contributed by atoms with van der Waals surface area (Å²) in [5.74, 6) is 0.102. The van der Waals surface area contributed by atoms with E-state index in [2.05, 4.69) is 15.3 Å². The number of hydrogen-bond donors (Lipinski definition) is 1. The van der Waals surface area contributed by atoms with Crippen molar-refractivity contribution in [2.75, 3.05) is 32.7 Å². The summed E-state index contributed by atoms with van der Waals surface area (Å²) in [6, 6.07) is 1.88. The molecule has 2 fully saturated rings. The van der Waals surface area contributed by atoms with Crippen molar-refractivity contribution >= 4 is 11.8 Å². The number of hydrogen-bond acceptors (Lipinski definition) is 4. The molecule has 0 radical (unpaired) electrons. The zero-order chi connectivity index (χ0) is 17.8. The van der Waals surface area contributed by atoms with Gasteiger partial charge < -0.3 is 10.2 Å². The zero-order valence-corrected chi connectivity index (χ0v) is 15.3. The largest absolute Gasteiger partial charge is 0.347 e. The molecule has 2 amide bonds. The topological polar surface area (TPSA) is 70.5 Å². The number of aromatic nitrogens is 2. The monoisotopic (exact) mass is 347 g/mol. The van der Waals surface area contributed by atoms with Gasteiger partial charge in [0.2, 0.25) is 5.91 Å². The molecule has 0 spiro atoms. The molecule has 7 nitrogen and oxygen atoms in total. The minimum atomic E-state index is -0.127. The van der Waals surface area contributed by atoms with Gasteiger partial charge in [-0.1, -0.05) is 0 Å². The highest BCUT2D eigenvalue weighted by molar-refractivity contribution is 5.92. The maximum Gasteiger partial charge on any atom is 0.272 e. The Kier molecular flexibility index (Phi) is 5.73. The van der Waals surface area contributed by atoms with Crippen LogP contribution < -0.4 is 5.32 Å². The van der Waals surface area contributed by atoms with Gasteiger partial charge in [0, 0.05) is 38.4 Å². The van der Waals surface area contributed by atoms with E-state index in [9.17, 15) is 9.59 Å². The standard InChI is InChI=1S/C18H29N5O2/c1-14-11-16(20-21(14)2)18(25)19-15-7-6-8-22(12-15)13-17(24)23-9-4-3-5-10-23/h11,15H,3-10,12-13H2,1-2H3,(H,19,25). The van der Waals surface area contributed by atoms with Gasteiger partial charge in [-0.05, 0) is 51.6 Å². The van der Waals surface area contributed by atoms with E-state index in [0.29, 0.717) is 12.2 Å². The van der Waals surface area contributed by atoms with Crippen LogP contribution in [0.3, 0.4) is 0 Å². The molecule has 0 aliphatic carbocycles. The van der Waals surface area contributed by atoms with Crippen molar-refractivity contribution in [1.82, 2.24) is 24.9 Å². The Morgan fingerprint density at radius 3 is 2.64 bits per heavy atom. The van der Waals surface area contributed by atoms with Crippen molar-refractivity contribution in [2.24, 2.45) is 7.05 Å². The Hall–Kier alpha value is -1.89. The van der Waals surface area contributed by atoms with Crippen molar-refractivity contribution in [2.45, 2.75) is 45.1 Å². The molecule has 2 saturated heterocycles. The molecule has 25 heavy (non-hydrogen) atoms. The van der Waals surface area contributed by atoms with Gasteiger partial charge in [0.15, 0.2) is 0 Å². The number of nitrogens with zero attached hydrogens (tertiary/aromatic N) is 4. The summed E-state index contributed by atoms with van der Waals surface area (Å²) in [6.45, 7) is 5.84. The number of piperidine rings is 2. The van der Waals surface area contributed by atoms with Crippen LogP contribution in [0.1, 0.15) is 48.3 Å². The second-order valence-electron chi connectivity index (χ2n) is 7.28. The molecule has 1 atom stereocenters.